The first-order valence-corrected chi connectivity index (χ1v) is 10.2. The average molecular weight is 402 g/mol. The molecule has 1 saturated heterocycles. The van der Waals surface area contributed by atoms with Gasteiger partial charge >= 0.3 is 0 Å². The number of ether oxygens (including phenoxy) is 1. The average Bonchev–Trinajstić information content (AvgIpc) is 2.77. The number of hydrogen-bond donors (Lipinski definition) is 0. The van der Waals surface area contributed by atoms with E-state index < -0.39 is 6.10 Å². The van der Waals surface area contributed by atoms with Crippen LogP contribution < -0.4 is 5.56 Å². The van der Waals surface area contributed by atoms with Gasteiger partial charge < -0.3 is 9.64 Å². The number of carbonyl (C=O) groups is 1. The van der Waals surface area contributed by atoms with E-state index in [-0.39, 0.29) is 17.4 Å². The van der Waals surface area contributed by atoms with Crippen LogP contribution in [0.5, 0.6) is 0 Å². The number of rotatable bonds is 4. The molecule has 30 heavy (non-hydrogen) atoms. The Labute approximate surface area is 173 Å². The number of nitrogens with zero attached hydrogens (tertiary/aromatic N) is 4. The first-order chi connectivity index (χ1) is 14.7. The number of amides is 1. The molecule has 152 valence electrons. The number of pyridine rings is 1. The summed E-state index contributed by atoms with van der Waals surface area (Å²) >= 11 is 0. The van der Waals surface area contributed by atoms with E-state index in [2.05, 4.69) is 16.1 Å². The Balaban J connectivity index is 1.25. The zero-order valence-electron chi connectivity index (χ0n) is 16.5. The number of benzene rings is 1. The molecule has 1 unspecified atom stereocenters. The summed E-state index contributed by atoms with van der Waals surface area (Å²) < 4.78 is 7.29. The molecule has 0 radical (unpaired) electrons. The molecule has 7 nitrogen and oxygen atoms in total. The first-order valence-electron chi connectivity index (χ1n) is 10.2. The van der Waals surface area contributed by atoms with Crippen molar-refractivity contribution in [3.8, 4) is 11.3 Å². The fourth-order valence-corrected chi connectivity index (χ4v) is 4.13. The lowest BCUT2D eigenvalue weighted by atomic mass is 9.94. The van der Waals surface area contributed by atoms with Crippen LogP contribution in [0.2, 0.25) is 0 Å². The van der Waals surface area contributed by atoms with Gasteiger partial charge in [-0.15, -0.1) is 0 Å². The normalized spacial score (nSPS) is 18.5. The maximum atomic E-state index is 13.0. The SMILES string of the molecule is O=C(C1OCCc2ccccc21)N1CC(Cn2nc(-c3ccncc3)ccc2=O)C1. The van der Waals surface area contributed by atoms with Crippen molar-refractivity contribution in [2.75, 3.05) is 19.7 Å². The van der Waals surface area contributed by atoms with Crippen molar-refractivity contribution in [1.29, 1.82) is 0 Å². The molecule has 5 rings (SSSR count). The molecule has 1 amide bonds. The van der Waals surface area contributed by atoms with E-state index in [1.807, 2.05) is 35.2 Å². The number of hydrogen-bond acceptors (Lipinski definition) is 5. The van der Waals surface area contributed by atoms with Gasteiger partial charge in [-0.05, 0) is 35.7 Å². The van der Waals surface area contributed by atoms with Crippen LogP contribution in [-0.2, 0) is 22.5 Å². The van der Waals surface area contributed by atoms with Gasteiger partial charge in [-0.25, -0.2) is 4.68 Å². The minimum Gasteiger partial charge on any atom is -0.363 e. The zero-order chi connectivity index (χ0) is 20.5. The van der Waals surface area contributed by atoms with Gasteiger partial charge in [0.2, 0.25) is 0 Å². The smallest absolute Gasteiger partial charge is 0.266 e. The fraction of sp³-hybridized carbons (Fsp3) is 0.304. The highest BCUT2D eigenvalue weighted by Gasteiger charge is 2.37. The molecule has 2 aliphatic rings. The van der Waals surface area contributed by atoms with E-state index in [9.17, 15) is 9.59 Å². The highest BCUT2D eigenvalue weighted by Crippen LogP contribution is 2.31. The van der Waals surface area contributed by atoms with Gasteiger partial charge in [0.15, 0.2) is 6.10 Å². The minimum absolute atomic E-state index is 0.00393. The lowest BCUT2D eigenvalue weighted by Gasteiger charge is -2.41. The molecule has 3 aromatic rings. The standard InChI is InChI=1S/C23H22N4O3/c28-21-6-5-20(18-7-10-24-11-8-18)25-27(21)15-16-13-26(14-16)23(29)22-19-4-2-1-3-17(19)9-12-30-22/h1-8,10-11,16,22H,9,12-15H2. The summed E-state index contributed by atoms with van der Waals surface area (Å²) in [4.78, 5) is 31.1. The molecule has 2 aliphatic heterocycles. The molecule has 0 spiro atoms. The molecule has 1 aromatic carbocycles. The fourth-order valence-electron chi connectivity index (χ4n) is 4.13. The first kappa shape index (κ1) is 18.7. The Bertz CT molecular complexity index is 1120. The molecular formula is C23H22N4O3. The van der Waals surface area contributed by atoms with E-state index in [1.54, 1.807) is 18.5 Å². The van der Waals surface area contributed by atoms with Crippen molar-refractivity contribution < 1.29 is 9.53 Å². The van der Waals surface area contributed by atoms with Gasteiger partial charge in [0, 0.05) is 43.0 Å². The molecule has 1 fully saturated rings. The van der Waals surface area contributed by atoms with Crippen LogP contribution in [0, 0.1) is 5.92 Å². The topological polar surface area (TPSA) is 77.3 Å². The molecule has 0 aliphatic carbocycles. The third-order valence-electron chi connectivity index (χ3n) is 5.76. The Hall–Kier alpha value is -3.32. The molecule has 7 heteroatoms. The maximum Gasteiger partial charge on any atom is 0.266 e. The van der Waals surface area contributed by atoms with Gasteiger partial charge in [-0.1, -0.05) is 24.3 Å². The Morgan fingerprint density at radius 2 is 1.87 bits per heavy atom. The molecule has 1 atom stereocenters. The van der Waals surface area contributed by atoms with Crippen LogP contribution >= 0.6 is 0 Å². The third kappa shape index (κ3) is 3.52. The summed E-state index contributed by atoms with van der Waals surface area (Å²) in [7, 11) is 0. The summed E-state index contributed by atoms with van der Waals surface area (Å²) in [5.41, 5.74) is 3.67. The largest absolute Gasteiger partial charge is 0.363 e. The second-order valence-electron chi connectivity index (χ2n) is 7.78. The minimum atomic E-state index is -0.522. The second-order valence-corrected chi connectivity index (χ2v) is 7.78. The molecule has 0 bridgehead atoms. The Morgan fingerprint density at radius 1 is 1.07 bits per heavy atom. The van der Waals surface area contributed by atoms with Crippen LogP contribution in [0.4, 0.5) is 0 Å². The van der Waals surface area contributed by atoms with Gasteiger partial charge in [0.05, 0.1) is 18.8 Å². The van der Waals surface area contributed by atoms with Gasteiger partial charge in [0.1, 0.15) is 0 Å². The lowest BCUT2D eigenvalue weighted by Crippen LogP contribution is -2.54. The van der Waals surface area contributed by atoms with Crippen molar-refractivity contribution in [1.82, 2.24) is 19.7 Å². The molecule has 0 N–H and O–H groups in total. The molecular weight excluding hydrogens is 380 g/mol. The van der Waals surface area contributed by atoms with Crippen molar-refractivity contribution in [2.45, 2.75) is 19.1 Å². The summed E-state index contributed by atoms with van der Waals surface area (Å²) in [6.07, 6.45) is 3.72. The second kappa shape index (κ2) is 7.84. The highest BCUT2D eigenvalue weighted by molar-refractivity contribution is 5.83. The van der Waals surface area contributed by atoms with Gasteiger partial charge in [-0.3, -0.25) is 14.6 Å². The van der Waals surface area contributed by atoms with E-state index >= 15 is 0 Å². The van der Waals surface area contributed by atoms with Crippen LogP contribution in [0.1, 0.15) is 17.2 Å². The van der Waals surface area contributed by atoms with Crippen LogP contribution in [-0.4, -0.2) is 45.3 Å². The van der Waals surface area contributed by atoms with E-state index in [0.29, 0.717) is 26.2 Å². The van der Waals surface area contributed by atoms with E-state index in [0.717, 1.165) is 23.2 Å². The Kier molecular flexibility index (Phi) is 4.88. The zero-order valence-corrected chi connectivity index (χ0v) is 16.5. The van der Waals surface area contributed by atoms with Crippen LogP contribution in [0.15, 0.2) is 65.7 Å². The molecule has 0 saturated carbocycles. The van der Waals surface area contributed by atoms with Crippen molar-refractivity contribution >= 4 is 5.91 Å². The van der Waals surface area contributed by atoms with Crippen LogP contribution in [0.3, 0.4) is 0 Å². The van der Waals surface area contributed by atoms with Crippen molar-refractivity contribution in [3.05, 3.63) is 82.4 Å². The van der Waals surface area contributed by atoms with Crippen LogP contribution in [0.25, 0.3) is 11.3 Å². The number of fused-ring (bicyclic) bond motifs is 1. The predicted octanol–water partition coefficient (Wildman–Crippen LogP) is 2.08. The summed E-state index contributed by atoms with van der Waals surface area (Å²) in [6, 6.07) is 15.0. The van der Waals surface area contributed by atoms with Gasteiger partial charge in [0.25, 0.3) is 11.5 Å². The summed E-state index contributed by atoms with van der Waals surface area (Å²) in [5.74, 6) is 0.204. The van der Waals surface area contributed by atoms with Crippen molar-refractivity contribution in [2.24, 2.45) is 5.92 Å². The quantitative estimate of drug-likeness (QED) is 0.668. The predicted molar refractivity (Wildman–Crippen MR) is 111 cm³/mol. The maximum absolute atomic E-state index is 13.0. The van der Waals surface area contributed by atoms with Gasteiger partial charge in [-0.2, -0.15) is 5.10 Å². The number of carbonyl (C=O) groups excluding carboxylic acids is 1. The van der Waals surface area contributed by atoms with Crippen molar-refractivity contribution in [3.63, 3.8) is 0 Å². The third-order valence-corrected chi connectivity index (χ3v) is 5.76. The summed E-state index contributed by atoms with van der Waals surface area (Å²) in [6.45, 7) is 2.26. The van der Waals surface area contributed by atoms with E-state index in [4.69, 9.17) is 4.74 Å². The highest BCUT2D eigenvalue weighted by atomic mass is 16.5. The lowest BCUT2D eigenvalue weighted by molar-refractivity contribution is -0.152. The number of likely N-dealkylation sites (tertiary alicyclic amines) is 1. The number of aromatic nitrogens is 3. The Morgan fingerprint density at radius 3 is 2.70 bits per heavy atom. The monoisotopic (exact) mass is 402 g/mol. The van der Waals surface area contributed by atoms with E-state index in [1.165, 1.54) is 16.3 Å². The molecule has 4 heterocycles. The molecule has 2 aromatic heterocycles. The summed E-state index contributed by atoms with van der Waals surface area (Å²) in [5, 5.41) is 4.50.